The average molecular weight is 327 g/mol. The van der Waals surface area contributed by atoms with E-state index in [0.29, 0.717) is 0 Å². The fourth-order valence-electron chi connectivity index (χ4n) is 3.59. The van der Waals surface area contributed by atoms with Gasteiger partial charge in [-0.15, -0.1) is 0 Å². The van der Waals surface area contributed by atoms with Gasteiger partial charge in [0.25, 0.3) is 0 Å². The van der Waals surface area contributed by atoms with Gasteiger partial charge in [0.1, 0.15) is 0 Å². The maximum absolute atomic E-state index is 2.46. The molecule has 0 unspecified atom stereocenters. The molecule has 0 atom stereocenters. The van der Waals surface area contributed by atoms with Crippen LogP contribution in [-0.4, -0.2) is 0 Å². The minimum Gasteiger partial charge on any atom is -0.0622 e. The van der Waals surface area contributed by atoms with Crippen molar-refractivity contribution in [1.29, 1.82) is 0 Å². The number of hydrogen-bond acceptors (Lipinski definition) is 0. The Balaban J connectivity index is 1.69. The van der Waals surface area contributed by atoms with Crippen molar-refractivity contribution in [3.63, 3.8) is 0 Å². The summed E-state index contributed by atoms with van der Waals surface area (Å²) in [6, 6.07) is 32.5. The van der Waals surface area contributed by atoms with Crippen molar-refractivity contribution in [1.82, 2.24) is 0 Å². The van der Waals surface area contributed by atoms with Crippen LogP contribution in [-0.2, 0) is 19.3 Å². The van der Waals surface area contributed by atoms with E-state index in [0.717, 1.165) is 25.7 Å². The summed E-state index contributed by atoms with van der Waals surface area (Å²) in [5.74, 6) is 0. The minimum absolute atomic E-state index is 0.234. The van der Waals surface area contributed by atoms with Crippen LogP contribution in [0.5, 0.6) is 0 Å². The van der Waals surface area contributed by atoms with Crippen LogP contribution in [0, 0.1) is 11.8 Å². The summed E-state index contributed by atoms with van der Waals surface area (Å²) in [5, 5.41) is 0. The molecule has 0 amide bonds. The van der Waals surface area contributed by atoms with E-state index in [1.54, 1.807) is 0 Å². The topological polar surface area (TPSA) is 0 Å². The Morgan fingerprint density at radius 2 is 1.00 bits per heavy atom. The van der Waals surface area contributed by atoms with Crippen LogP contribution in [0.15, 0.2) is 91.0 Å². The lowest BCUT2D eigenvalue weighted by Crippen LogP contribution is -2.23. The van der Waals surface area contributed by atoms with E-state index in [-0.39, 0.29) is 5.41 Å². The van der Waals surface area contributed by atoms with Crippen molar-refractivity contribution < 1.29 is 0 Å². The SMILES string of the molecule is CC(C[CH]Cc1ccccc1)(Cc1ccccc1)Cc1ccccc1. The first-order chi connectivity index (χ1) is 12.2. The van der Waals surface area contributed by atoms with Crippen molar-refractivity contribution in [2.45, 2.75) is 32.6 Å². The Morgan fingerprint density at radius 1 is 0.600 bits per heavy atom. The van der Waals surface area contributed by atoms with Gasteiger partial charge in [-0.3, -0.25) is 0 Å². The van der Waals surface area contributed by atoms with Gasteiger partial charge in [-0.2, -0.15) is 0 Å². The molecule has 1 radical (unpaired) electrons. The van der Waals surface area contributed by atoms with E-state index >= 15 is 0 Å². The van der Waals surface area contributed by atoms with E-state index < -0.39 is 0 Å². The number of rotatable bonds is 8. The van der Waals surface area contributed by atoms with E-state index in [1.807, 2.05) is 0 Å². The highest BCUT2D eigenvalue weighted by Crippen LogP contribution is 2.32. The summed E-state index contributed by atoms with van der Waals surface area (Å²) in [7, 11) is 0. The summed E-state index contributed by atoms with van der Waals surface area (Å²) in [4.78, 5) is 0. The molecule has 0 bridgehead atoms. The molecule has 0 spiro atoms. The van der Waals surface area contributed by atoms with E-state index in [9.17, 15) is 0 Å². The second kappa shape index (κ2) is 8.67. The molecule has 0 saturated carbocycles. The van der Waals surface area contributed by atoms with Crippen LogP contribution in [0.3, 0.4) is 0 Å². The van der Waals surface area contributed by atoms with Crippen LogP contribution < -0.4 is 0 Å². The van der Waals surface area contributed by atoms with Gasteiger partial charge in [-0.1, -0.05) is 97.9 Å². The molecule has 3 rings (SSSR count). The van der Waals surface area contributed by atoms with Gasteiger partial charge < -0.3 is 0 Å². The summed E-state index contributed by atoms with van der Waals surface area (Å²) in [5.41, 5.74) is 4.48. The highest BCUT2D eigenvalue weighted by atomic mass is 14.3. The lowest BCUT2D eigenvalue weighted by atomic mass is 9.74. The summed E-state index contributed by atoms with van der Waals surface area (Å²) >= 11 is 0. The third kappa shape index (κ3) is 5.60. The fraction of sp³-hybridized carbons (Fsp3) is 0.240. The number of hydrogen-bond donors (Lipinski definition) is 0. The second-order valence-corrected chi connectivity index (χ2v) is 7.32. The molecule has 0 aromatic heterocycles. The predicted octanol–water partition coefficient (Wildman–Crippen LogP) is 6.32. The fourth-order valence-corrected chi connectivity index (χ4v) is 3.59. The van der Waals surface area contributed by atoms with Gasteiger partial charge in [0.05, 0.1) is 0 Å². The molecule has 0 saturated heterocycles. The molecule has 0 nitrogen and oxygen atoms in total. The van der Waals surface area contributed by atoms with E-state index in [1.165, 1.54) is 16.7 Å². The highest BCUT2D eigenvalue weighted by molar-refractivity contribution is 5.21. The van der Waals surface area contributed by atoms with Gasteiger partial charge in [0.2, 0.25) is 0 Å². The Labute approximate surface area is 152 Å². The Hall–Kier alpha value is -2.34. The van der Waals surface area contributed by atoms with Gasteiger partial charge in [0.15, 0.2) is 0 Å². The minimum atomic E-state index is 0.234. The molecule has 0 fully saturated rings. The molecule has 0 aliphatic carbocycles. The molecule has 127 valence electrons. The molecule has 0 heteroatoms. The lowest BCUT2D eigenvalue weighted by Gasteiger charge is -2.30. The quantitative estimate of drug-likeness (QED) is 0.454. The molecular formula is C25H27. The standard InChI is InChI=1S/C25H27/c1-25(20-23-14-7-3-8-15-23,21-24-16-9-4-10-17-24)19-11-18-22-12-5-2-6-13-22/h2-17H,18-21H2,1H3. The van der Waals surface area contributed by atoms with Crippen LogP contribution in [0.4, 0.5) is 0 Å². The van der Waals surface area contributed by atoms with Gasteiger partial charge in [-0.05, 0) is 54.2 Å². The van der Waals surface area contributed by atoms with Crippen molar-refractivity contribution in [3.05, 3.63) is 114 Å². The van der Waals surface area contributed by atoms with Crippen molar-refractivity contribution in [3.8, 4) is 0 Å². The van der Waals surface area contributed by atoms with Crippen LogP contribution in [0.2, 0.25) is 0 Å². The zero-order valence-electron chi connectivity index (χ0n) is 15.1. The first-order valence-corrected chi connectivity index (χ1v) is 9.17. The van der Waals surface area contributed by atoms with Crippen LogP contribution in [0.25, 0.3) is 0 Å². The Morgan fingerprint density at radius 3 is 1.44 bits per heavy atom. The molecule has 3 aromatic rings. The largest absolute Gasteiger partial charge is 0.0622 e. The maximum atomic E-state index is 2.46. The molecular weight excluding hydrogens is 300 g/mol. The van der Waals surface area contributed by atoms with E-state index in [4.69, 9.17) is 0 Å². The van der Waals surface area contributed by atoms with Crippen molar-refractivity contribution in [2.24, 2.45) is 5.41 Å². The first-order valence-electron chi connectivity index (χ1n) is 9.17. The van der Waals surface area contributed by atoms with Gasteiger partial charge >= 0.3 is 0 Å². The third-order valence-corrected chi connectivity index (χ3v) is 4.81. The molecule has 0 aliphatic rings. The van der Waals surface area contributed by atoms with Gasteiger partial charge in [0, 0.05) is 0 Å². The van der Waals surface area contributed by atoms with Crippen molar-refractivity contribution in [2.75, 3.05) is 0 Å². The smallest absolute Gasteiger partial charge is 0.0221 e. The number of benzene rings is 3. The zero-order chi connectivity index (χ0) is 17.4. The van der Waals surface area contributed by atoms with Crippen LogP contribution in [0.1, 0.15) is 30.0 Å². The average Bonchev–Trinajstić information content (AvgIpc) is 2.64. The molecule has 3 aromatic carbocycles. The summed E-state index contributed by atoms with van der Waals surface area (Å²) in [6.45, 7) is 2.43. The predicted molar refractivity (Wildman–Crippen MR) is 107 cm³/mol. The van der Waals surface area contributed by atoms with Crippen molar-refractivity contribution >= 4 is 0 Å². The summed E-state index contributed by atoms with van der Waals surface area (Å²) < 4.78 is 0. The molecule has 0 heterocycles. The van der Waals surface area contributed by atoms with Gasteiger partial charge in [-0.25, -0.2) is 0 Å². The molecule has 0 N–H and O–H groups in total. The normalized spacial score (nSPS) is 11.4. The highest BCUT2D eigenvalue weighted by Gasteiger charge is 2.25. The molecule has 25 heavy (non-hydrogen) atoms. The third-order valence-electron chi connectivity index (χ3n) is 4.81. The summed E-state index contributed by atoms with van der Waals surface area (Å²) in [6.07, 6.45) is 6.83. The first kappa shape index (κ1) is 17.5. The Kier molecular flexibility index (Phi) is 6.06. The Bertz CT molecular complexity index is 687. The maximum Gasteiger partial charge on any atom is -0.0221 e. The molecule has 0 aliphatic heterocycles. The lowest BCUT2D eigenvalue weighted by molar-refractivity contribution is 0.311. The van der Waals surface area contributed by atoms with E-state index in [2.05, 4.69) is 104 Å². The zero-order valence-corrected chi connectivity index (χ0v) is 15.1. The monoisotopic (exact) mass is 327 g/mol. The van der Waals surface area contributed by atoms with Crippen LogP contribution >= 0.6 is 0 Å². The second-order valence-electron chi connectivity index (χ2n) is 7.32.